The zero-order valence-electron chi connectivity index (χ0n) is 12.1. The highest BCUT2D eigenvalue weighted by atomic mass is 32.1. The molecule has 9 heteroatoms. The van der Waals surface area contributed by atoms with Crippen LogP contribution < -0.4 is 10.2 Å². The van der Waals surface area contributed by atoms with Crippen LogP contribution in [0.1, 0.15) is 19.8 Å². The van der Waals surface area contributed by atoms with Gasteiger partial charge in [-0.1, -0.05) is 6.92 Å². The lowest BCUT2D eigenvalue weighted by atomic mass is 9.99. The number of hydrogen-bond donors (Lipinski definition) is 1. The van der Waals surface area contributed by atoms with E-state index in [1.807, 2.05) is 4.90 Å². The molecule has 0 amide bonds. The standard InChI is InChI=1S/C13H16N6O2S/c1-9-2-5-18(6-3-9)12-10(19(20)21)11(15-8-16-12)17-13-14-4-7-22-13/h4,7-9H,2-3,5-6H2,1H3,(H,14,15,16,17). The number of nitro groups is 1. The number of piperidine rings is 1. The molecule has 1 fully saturated rings. The fraction of sp³-hybridized carbons (Fsp3) is 0.462. The van der Waals surface area contributed by atoms with Crippen molar-refractivity contribution in [3.63, 3.8) is 0 Å². The van der Waals surface area contributed by atoms with Crippen LogP contribution in [0.2, 0.25) is 0 Å². The molecular formula is C13H16N6O2S. The molecule has 3 heterocycles. The highest BCUT2D eigenvalue weighted by molar-refractivity contribution is 7.13. The first-order valence-electron chi connectivity index (χ1n) is 7.06. The molecule has 2 aromatic heterocycles. The average molecular weight is 320 g/mol. The summed E-state index contributed by atoms with van der Waals surface area (Å²) in [6.07, 6.45) is 5.01. The molecule has 1 N–H and O–H groups in total. The van der Waals surface area contributed by atoms with E-state index in [-0.39, 0.29) is 11.5 Å². The minimum absolute atomic E-state index is 0.0905. The summed E-state index contributed by atoms with van der Waals surface area (Å²) >= 11 is 1.36. The summed E-state index contributed by atoms with van der Waals surface area (Å²) in [5, 5.41) is 16.8. The molecule has 8 nitrogen and oxygen atoms in total. The number of nitrogens with zero attached hydrogens (tertiary/aromatic N) is 5. The number of aromatic nitrogens is 3. The molecule has 1 saturated heterocycles. The van der Waals surface area contributed by atoms with Crippen molar-refractivity contribution in [2.24, 2.45) is 5.92 Å². The summed E-state index contributed by atoms with van der Waals surface area (Å²) in [5.74, 6) is 1.21. The Balaban J connectivity index is 1.94. The summed E-state index contributed by atoms with van der Waals surface area (Å²) in [6.45, 7) is 3.74. The first-order valence-corrected chi connectivity index (χ1v) is 7.94. The first-order chi connectivity index (χ1) is 10.6. The van der Waals surface area contributed by atoms with E-state index in [4.69, 9.17) is 0 Å². The molecule has 0 atom stereocenters. The maximum absolute atomic E-state index is 11.5. The number of rotatable bonds is 4. The molecular weight excluding hydrogens is 304 g/mol. The summed E-state index contributed by atoms with van der Waals surface area (Å²) in [5.41, 5.74) is -0.0905. The summed E-state index contributed by atoms with van der Waals surface area (Å²) in [4.78, 5) is 25.3. The lowest BCUT2D eigenvalue weighted by Crippen LogP contribution is -2.34. The number of hydrogen-bond acceptors (Lipinski definition) is 8. The van der Waals surface area contributed by atoms with Gasteiger partial charge in [-0.15, -0.1) is 11.3 Å². The lowest BCUT2D eigenvalue weighted by molar-refractivity contribution is -0.383. The van der Waals surface area contributed by atoms with E-state index in [0.717, 1.165) is 25.9 Å². The highest BCUT2D eigenvalue weighted by Crippen LogP contribution is 2.35. The fourth-order valence-corrected chi connectivity index (χ4v) is 3.00. The van der Waals surface area contributed by atoms with E-state index < -0.39 is 4.92 Å². The van der Waals surface area contributed by atoms with Gasteiger partial charge in [-0.25, -0.2) is 15.0 Å². The van der Waals surface area contributed by atoms with Crippen molar-refractivity contribution in [3.8, 4) is 0 Å². The molecule has 116 valence electrons. The zero-order valence-corrected chi connectivity index (χ0v) is 12.9. The predicted octanol–water partition coefficient (Wildman–Crippen LogP) is 2.82. The number of nitrogens with one attached hydrogen (secondary N) is 1. The quantitative estimate of drug-likeness (QED) is 0.683. The average Bonchev–Trinajstić information content (AvgIpc) is 3.00. The summed E-state index contributed by atoms with van der Waals surface area (Å²) in [6, 6.07) is 0. The maximum atomic E-state index is 11.5. The molecule has 1 aliphatic heterocycles. The van der Waals surface area contributed by atoms with Crippen LogP contribution in [0.15, 0.2) is 17.9 Å². The zero-order chi connectivity index (χ0) is 15.5. The molecule has 0 unspecified atom stereocenters. The Bertz CT molecular complexity index is 655. The third-order valence-electron chi connectivity index (χ3n) is 3.73. The first kappa shape index (κ1) is 14.6. The van der Waals surface area contributed by atoms with Gasteiger partial charge in [0.1, 0.15) is 6.33 Å². The third-order valence-corrected chi connectivity index (χ3v) is 4.41. The van der Waals surface area contributed by atoms with E-state index in [1.165, 1.54) is 17.7 Å². The van der Waals surface area contributed by atoms with Gasteiger partial charge in [-0.3, -0.25) is 10.1 Å². The largest absolute Gasteiger partial charge is 0.353 e. The SMILES string of the molecule is CC1CCN(c2ncnc(Nc3nccs3)c2[N+](=O)[O-])CC1. The predicted molar refractivity (Wildman–Crippen MR) is 84.7 cm³/mol. The van der Waals surface area contributed by atoms with Crippen LogP contribution in [0, 0.1) is 16.0 Å². The topological polar surface area (TPSA) is 97.1 Å². The minimum Gasteiger partial charge on any atom is -0.351 e. The van der Waals surface area contributed by atoms with Gasteiger partial charge in [0.2, 0.25) is 11.6 Å². The van der Waals surface area contributed by atoms with Crippen LogP contribution >= 0.6 is 11.3 Å². The van der Waals surface area contributed by atoms with Gasteiger partial charge in [0.05, 0.1) is 4.92 Å². The van der Waals surface area contributed by atoms with E-state index >= 15 is 0 Å². The Morgan fingerprint density at radius 3 is 2.77 bits per heavy atom. The van der Waals surface area contributed by atoms with Crippen molar-refractivity contribution < 1.29 is 4.92 Å². The Hall–Kier alpha value is -2.29. The van der Waals surface area contributed by atoms with Gasteiger partial charge >= 0.3 is 5.69 Å². The lowest BCUT2D eigenvalue weighted by Gasteiger charge is -2.30. The molecule has 0 spiro atoms. The van der Waals surface area contributed by atoms with Gasteiger partial charge in [0.15, 0.2) is 5.13 Å². The molecule has 0 aromatic carbocycles. The van der Waals surface area contributed by atoms with E-state index in [9.17, 15) is 10.1 Å². The van der Waals surface area contributed by atoms with Crippen LogP contribution in [-0.4, -0.2) is 33.0 Å². The van der Waals surface area contributed by atoms with Crippen molar-refractivity contribution in [1.29, 1.82) is 0 Å². The molecule has 0 bridgehead atoms. The molecule has 22 heavy (non-hydrogen) atoms. The smallest absolute Gasteiger partial charge is 0.351 e. The second-order valence-electron chi connectivity index (χ2n) is 5.28. The molecule has 3 rings (SSSR count). The maximum Gasteiger partial charge on any atom is 0.353 e. The van der Waals surface area contributed by atoms with Crippen molar-refractivity contribution in [3.05, 3.63) is 28.0 Å². The van der Waals surface area contributed by atoms with E-state index in [2.05, 4.69) is 27.2 Å². The molecule has 0 radical (unpaired) electrons. The fourth-order valence-electron chi connectivity index (χ4n) is 2.47. The molecule has 1 aliphatic rings. The summed E-state index contributed by atoms with van der Waals surface area (Å²) in [7, 11) is 0. The van der Waals surface area contributed by atoms with Crippen molar-refractivity contribution in [2.75, 3.05) is 23.3 Å². The molecule has 0 saturated carbocycles. The normalized spacial score (nSPS) is 15.8. The van der Waals surface area contributed by atoms with Gasteiger partial charge in [-0.2, -0.15) is 0 Å². The second-order valence-corrected chi connectivity index (χ2v) is 6.18. The Labute approximate surface area is 131 Å². The monoisotopic (exact) mass is 320 g/mol. The van der Waals surface area contributed by atoms with Crippen LogP contribution in [-0.2, 0) is 0 Å². The summed E-state index contributed by atoms with van der Waals surface area (Å²) < 4.78 is 0. The third kappa shape index (κ3) is 2.98. The molecule has 2 aromatic rings. The minimum atomic E-state index is -0.427. The van der Waals surface area contributed by atoms with E-state index in [0.29, 0.717) is 16.9 Å². The van der Waals surface area contributed by atoms with Crippen molar-refractivity contribution in [1.82, 2.24) is 15.0 Å². The second kappa shape index (κ2) is 6.22. The number of anilines is 3. The Morgan fingerprint density at radius 1 is 1.36 bits per heavy atom. The van der Waals surface area contributed by atoms with Crippen molar-refractivity contribution >= 4 is 33.8 Å². The molecule has 0 aliphatic carbocycles. The van der Waals surface area contributed by atoms with Crippen LogP contribution in [0.3, 0.4) is 0 Å². The van der Waals surface area contributed by atoms with Crippen LogP contribution in [0.25, 0.3) is 0 Å². The van der Waals surface area contributed by atoms with Gasteiger partial charge < -0.3 is 10.2 Å². The number of thiazole rings is 1. The Morgan fingerprint density at radius 2 is 2.14 bits per heavy atom. The van der Waals surface area contributed by atoms with Crippen LogP contribution in [0.4, 0.5) is 22.5 Å². The van der Waals surface area contributed by atoms with Crippen molar-refractivity contribution in [2.45, 2.75) is 19.8 Å². The Kier molecular flexibility index (Phi) is 4.14. The van der Waals surface area contributed by atoms with Gasteiger partial charge in [0.25, 0.3) is 0 Å². The van der Waals surface area contributed by atoms with Crippen LogP contribution in [0.5, 0.6) is 0 Å². The van der Waals surface area contributed by atoms with Gasteiger partial charge in [-0.05, 0) is 18.8 Å². The van der Waals surface area contributed by atoms with Gasteiger partial charge in [0, 0.05) is 24.7 Å². The highest BCUT2D eigenvalue weighted by Gasteiger charge is 2.29. The van der Waals surface area contributed by atoms with E-state index in [1.54, 1.807) is 11.6 Å².